The first-order valence-electron chi connectivity index (χ1n) is 8.96. The molecule has 0 atom stereocenters. The molecule has 0 bridgehead atoms. The topological polar surface area (TPSA) is 46.5 Å². The van der Waals surface area contributed by atoms with Gasteiger partial charge >= 0.3 is 0 Å². The lowest BCUT2D eigenvalue weighted by molar-refractivity contribution is -0.115. The molecule has 3 nitrogen and oxygen atoms in total. The van der Waals surface area contributed by atoms with E-state index in [9.17, 15) is 9.90 Å². The predicted molar refractivity (Wildman–Crippen MR) is 110 cm³/mol. The van der Waals surface area contributed by atoms with Crippen molar-refractivity contribution < 1.29 is 14.6 Å². The molecule has 142 valence electrons. The smallest absolute Gasteiger partial charge is 0.166 e. The van der Waals surface area contributed by atoms with Crippen LogP contribution in [-0.2, 0) is 11.2 Å². The van der Waals surface area contributed by atoms with Gasteiger partial charge < -0.3 is 9.84 Å². The second kappa shape index (κ2) is 7.57. The van der Waals surface area contributed by atoms with E-state index in [1.807, 2.05) is 32.9 Å². The van der Waals surface area contributed by atoms with Crippen LogP contribution in [0.25, 0.3) is 5.57 Å². The van der Waals surface area contributed by atoms with Gasteiger partial charge in [0.05, 0.1) is 10.6 Å². The van der Waals surface area contributed by atoms with Crippen LogP contribution in [-0.4, -0.2) is 10.9 Å². The van der Waals surface area contributed by atoms with Crippen molar-refractivity contribution in [1.82, 2.24) is 0 Å². The van der Waals surface area contributed by atoms with Crippen molar-refractivity contribution in [3.63, 3.8) is 0 Å². The summed E-state index contributed by atoms with van der Waals surface area (Å²) in [7, 11) is 0. The highest BCUT2D eigenvalue weighted by atomic mass is 35.5. The number of hydrogen-bond acceptors (Lipinski definition) is 3. The van der Waals surface area contributed by atoms with Crippen molar-refractivity contribution in [2.24, 2.45) is 5.41 Å². The molecule has 0 aromatic heterocycles. The quantitative estimate of drug-likeness (QED) is 0.595. The highest BCUT2D eigenvalue weighted by Crippen LogP contribution is 2.42. The lowest BCUT2D eigenvalue weighted by Crippen LogP contribution is -2.25. The maximum atomic E-state index is 12.6. The molecule has 0 amide bonds. The Bertz CT molecular complexity index is 929. The Hall–Kier alpha value is -1.97. The zero-order valence-corrected chi connectivity index (χ0v) is 17.1. The first kappa shape index (κ1) is 19.8. The summed E-state index contributed by atoms with van der Waals surface area (Å²) in [6, 6.07) is 10.6. The Kier molecular flexibility index (Phi) is 5.55. The van der Waals surface area contributed by atoms with Crippen LogP contribution in [0.4, 0.5) is 0 Å². The molecule has 0 radical (unpaired) electrons. The van der Waals surface area contributed by atoms with Gasteiger partial charge in [-0.05, 0) is 54.3 Å². The average Bonchev–Trinajstić information content (AvgIpc) is 2.62. The van der Waals surface area contributed by atoms with Gasteiger partial charge in [0, 0.05) is 16.9 Å². The van der Waals surface area contributed by atoms with E-state index in [0.717, 1.165) is 17.5 Å². The van der Waals surface area contributed by atoms with Gasteiger partial charge in [0.2, 0.25) is 0 Å². The lowest BCUT2D eigenvalue weighted by Gasteiger charge is -2.31. The number of carbonyl (C=O) groups is 1. The number of aliphatic hydroxyl groups excluding tert-OH is 1. The van der Waals surface area contributed by atoms with E-state index in [1.165, 1.54) is 0 Å². The van der Waals surface area contributed by atoms with Crippen molar-refractivity contribution in [3.05, 3.63) is 63.3 Å². The number of allylic oxidation sites excluding steroid dienone is 2. The van der Waals surface area contributed by atoms with Crippen LogP contribution >= 0.6 is 23.2 Å². The summed E-state index contributed by atoms with van der Waals surface area (Å²) < 4.78 is 5.91. The maximum absolute atomic E-state index is 12.6. The minimum Gasteiger partial charge on any atom is -0.511 e. The van der Waals surface area contributed by atoms with Crippen molar-refractivity contribution in [3.8, 4) is 11.5 Å². The number of rotatable bonds is 4. The van der Waals surface area contributed by atoms with Gasteiger partial charge in [0.1, 0.15) is 17.3 Å². The summed E-state index contributed by atoms with van der Waals surface area (Å²) in [5.74, 6) is 1.13. The van der Waals surface area contributed by atoms with E-state index in [2.05, 4.69) is 0 Å². The highest BCUT2D eigenvalue weighted by Gasteiger charge is 2.35. The lowest BCUT2D eigenvalue weighted by atomic mass is 9.74. The summed E-state index contributed by atoms with van der Waals surface area (Å²) in [5.41, 5.74) is 1.67. The van der Waals surface area contributed by atoms with Crippen molar-refractivity contribution >= 4 is 34.6 Å². The molecule has 1 aliphatic carbocycles. The summed E-state index contributed by atoms with van der Waals surface area (Å²) >= 11 is 12.1. The largest absolute Gasteiger partial charge is 0.511 e. The highest BCUT2D eigenvalue weighted by molar-refractivity contribution is 6.35. The normalized spacial score (nSPS) is 16.6. The van der Waals surface area contributed by atoms with Crippen molar-refractivity contribution in [2.45, 2.75) is 40.0 Å². The third-order valence-corrected chi connectivity index (χ3v) is 5.52. The minimum atomic E-state index is -0.426. The third-order valence-electron chi connectivity index (χ3n) is 4.99. The SMILES string of the molecule is CCc1ccc(Oc2ccc(Cl)cc2Cl)cc1C1=C(O)C(C)(C)CCC1=O. The Morgan fingerprint density at radius 3 is 2.56 bits per heavy atom. The summed E-state index contributed by atoms with van der Waals surface area (Å²) in [5, 5.41) is 11.7. The van der Waals surface area contributed by atoms with Gasteiger partial charge in [-0.2, -0.15) is 0 Å². The number of Topliss-reactive ketones (excluding diaryl/α,β-unsaturated/α-hetero) is 1. The molecule has 5 heteroatoms. The molecule has 27 heavy (non-hydrogen) atoms. The van der Waals surface area contributed by atoms with Crippen LogP contribution in [0.3, 0.4) is 0 Å². The fraction of sp³-hybridized carbons (Fsp3) is 0.318. The maximum Gasteiger partial charge on any atom is 0.166 e. The molecular weight excluding hydrogens is 383 g/mol. The van der Waals surface area contributed by atoms with Crippen LogP contribution in [0.5, 0.6) is 11.5 Å². The van der Waals surface area contributed by atoms with Crippen molar-refractivity contribution in [1.29, 1.82) is 0 Å². The molecule has 1 N–H and O–H groups in total. The summed E-state index contributed by atoms with van der Waals surface area (Å²) in [4.78, 5) is 12.6. The molecule has 1 aliphatic rings. The molecule has 2 aromatic carbocycles. The molecular formula is C22H22Cl2O3. The number of halogens is 2. The average molecular weight is 405 g/mol. The number of ketones is 1. The molecule has 0 aliphatic heterocycles. The molecule has 3 rings (SSSR count). The number of ether oxygens (including phenoxy) is 1. The van der Waals surface area contributed by atoms with Crippen LogP contribution < -0.4 is 4.74 Å². The first-order valence-corrected chi connectivity index (χ1v) is 9.71. The van der Waals surface area contributed by atoms with E-state index in [0.29, 0.717) is 40.0 Å². The van der Waals surface area contributed by atoms with Gasteiger partial charge in [-0.3, -0.25) is 4.79 Å². The number of aliphatic hydroxyl groups is 1. The van der Waals surface area contributed by atoms with E-state index >= 15 is 0 Å². The number of carbonyl (C=O) groups excluding carboxylic acids is 1. The number of aryl methyl sites for hydroxylation is 1. The van der Waals surface area contributed by atoms with Gasteiger partial charge in [-0.25, -0.2) is 0 Å². The molecule has 0 fully saturated rings. The second-order valence-electron chi connectivity index (χ2n) is 7.38. The number of hydrogen-bond donors (Lipinski definition) is 1. The molecule has 0 saturated heterocycles. The second-order valence-corrected chi connectivity index (χ2v) is 8.22. The molecule has 0 heterocycles. The fourth-order valence-corrected chi connectivity index (χ4v) is 3.71. The molecule has 2 aromatic rings. The van der Waals surface area contributed by atoms with Crippen molar-refractivity contribution in [2.75, 3.05) is 0 Å². The van der Waals surface area contributed by atoms with E-state index < -0.39 is 5.41 Å². The zero-order chi connectivity index (χ0) is 19.8. The van der Waals surface area contributed by atoms with Crippen LogP contribution in [0, 0.1) is 5.41 Å². The van der Waals surface area contributed by atoms with Crippen LogP contribution in [0.1, 0.15) is 44.7 Å². The van der Waals surface area contributed by atoms with Crippen LogP contribution in [0.2, 0.25) is 10.0 Å². The molecule has 0 unspecified atom stereocenters. The van der Waals surface area contributed by atoms with E-state index in [4.69, 9.17) is 27.9 Å². The fourth-order valence-electron chi connectivity index (χ4n) is 3.26. The number of benzene rings is 2. The Balaban J connectivity index is 2.08. The molecule has 0 saturated carbocycles. The van der Waals surface area contributed by atoms with E-state index in [-0.39, 0.29) is 11.5 Å². The standard InChI is InChI=1S/C22H22Cl2O3/c1-4-13-5-7-15(27-19-8-6-14(23)11-17(19)24)12-16(13)20-18(25)9-10-22(2,3)21(20)26/h5-8,11-12,26H,4,9-10H2,1-3H3. The van der Waals surface area contributed by atoms with E-state index in [1.54, 1.807) is 24.3 Å². The third kappa shape index (κ3) is 3.99. The Morgan fingerprint density at radius 2 is 1.89 bits per heavy atom. The predicted octanol–water partition coefficient (Wildman–Crippen LogP) is 7.01. The Labute approximate surface area is 169 Å². The van der Waals surface area contributed by atoms with Crippen LogP contribution in [0.15, 0.2) is 42.2 Å². The van der Waals surface area contributed by atoms with Gasteiger partial charge in [-0.15, -0.1) is 0 Å². The summed E-state index contributed by atoms with van der Waals surface area (Å²) in [6.45, 7) is 5.92. The minimum absolute atomic E-state index is 0.0387. The van der Waals surface area contributed by atoms with Gasteiger partial charge in [-0.1, -0.05) is 50.0 Å². The van der Waals surface area contributed by atoms with Gasteiger partial charge in [0.25, 0.3) is 0 Å². The monoisotopic (exact) mass is 404 g/mol. The zero-order valence-electron chi connectivity index (χ0n) is 15.6. The summed E-state index contributed by atoms with van der Waals surface area (Å²) in [6.07, 6.45) is 1.80. The molecule has 0 spiro atoms. The Morgan fingerprint density at radius 1 is 1.15 bits per heavy atom. The first-order chi connectivity index (χ1) is 12.7. The van der Waals surface area contributed by atoms with Gasteiger partial charge in [0.15, 0.2) is 5.78 Å².